The molecule has 0 spiro atoms. The summed E-state index contributed by atoms with van der Waals surface area (Å²) in [4.78, 5) is 27.9. The molecule has 0 aliphatic carbocycles. The number of oxime groups is 1. The predicted octanol–water partition coefficient (Wildman–Crippen LogP) is 1.39. The smallest absolute Gasteiger partial charge is 0.337 e. The molecule has 0 radical (unpaired) electrons. The summed E-state index contributed by atoms with van der Waals surface area (Å²) in [6, 6.07) is 12.7. The Morgan fingerprint density at radius 2 is 2.06 bits per heavy atom. The Morgan fingerprint density at radius 3 is 2.88 bits per heavy atom. The number of aromatic hydroxyl groups is 1. The fourth-order valence-electron chi connectivity index (χ4n) is 4.31. The molecule has 0 atom stereocenters. The Morgan fingerprint density at radius 1 is 1.24 bits per heavy atom. The number of rotatable bonds is 6. The number of nitrogens with one attached hydrogen (secondary N) is 1. The van der Waals surface area contributed by atoms with Crippen molar-refractivity contribution in [3.63, 3.8) is 0 Å². The van der Waals surface area contributed by atoms with E-state index in [0.29, 0.717) is 40.1 Å². The van der Waals surface area contributed by atoms with Crippen LogP contribution in [0.3, 0.4) is 0 Å². The van der Waals surface area contributed by atoms with Gasteiger partial charge in [-0.1, -0.05) is 23.4 Å². The van der Waals surface area contributed by atoms with Crippen LogP contribution in [0.15, 0.2) is 52.6 Å². The number of aromatic nitrogens is 1. The molecule has 1 saturated heterocycles. The number of para-hydroxylation sites is 1. The van der Waals surface area contributed by atoms with Crippen LogP contribution in [0.2, 0.25) is 0 Å². The van der Waals surface area contributed by atoms with Crippen molar-refractivity contribution in [2.24, 2.45) is 10.1 Å². The standard InChI is InChI=1S/C24H25N5O4/c1-32-24(31)15-6-7-19-17(14-15)20(23(30)27-19)22-21(16-4-2-3-5-18(16)26-22)28-33-13-12-29-10-8-25-9-11-29/h2-7,14,25,27,30H,8-13H2,1H3/p+1/b28-21+. The fourth-order valence-corrected chi connectivity index (χ4v) is 4.31. The van der Waals surface area contributed by atoms with Crippen LogP contribution in [0.4, 0.5) is 5.69 Å². The van der Waals surface area contributed by atoms with Crippen molar-refractivity contribution >= 4 is 34.0 Å². The zero-order valence-corrected chi connectivity index (χ0v) is 18.4. The number of hydrogen-bond donors (Lipinski definition) is 3. The van der Waals surface area contributed by atoms with Crippen LogP contribution in [-0.4, -0.2) is 78.8 Å². The molecule has 2 aromatic carbocycles. The molecule has 3 aromatic rings. The van der Waals surface area contributed by atoms with Gasteiger partial charge in [0.15, 0.2) is 5.88 Å². The molecule has 2 aliphatic rings. The third-order valence-corrected chi connectivity index (χ3v) is 6.01. The fraction of sp³-hybridized carbons (Fsp3) is 0.292. The molecule has 2 aliphatic heterocycles. The molecule has 3 heterocycles. The summed E-state index contributed by atoms with van der Waals surface area (Å²) in [6.07, 6.45) is 0. The topological polar surface area (TPSA) is 116 Å². The second kappa shape index (κ2) is 9.05. The summed E-state index contributed by atoms with van der Waals surface area (Å²) in [5, 5.41) is 18.2. The second-order valence-electron chi connectivity index (χ2n) is 8.06. The molecule has 0 amide bonds. The van der Waals surface area contributed by atoms with Crippen LogP contribution in [0.25, 0.3) is 10.9 Å². The van der Waals surface area contributed by atoms with E-state index in [-0.39, 0.29) is 5.88 Å². The van der Waals surface area contributed by atoms with E-state index < -0.39 is 5.97 Å². The lowest BCUT2D eigenvalue weighted by atomic mass is 10.00. The van der Waals surface area contributed by atoms with E-state index in [2.05, 4.69) is 20.4 Å². The van der Waals surface area contributed by atoms with Crippen molar-refractivity contribution in [2.75, 3.05) is 46.4 Å². The monoisotopic (exact) mass is 448 g/mol. The van der Waals surface area contributed by atoms with Crippen LogP contribution in [0.1, 0.15) is 21.5 Å². The maximum absolute atomic E-state index is 12.1. The molecule has 1 fully saturated rings. The predicted molar refractivity (Wildman–Crippen MR) is 125 cm³/mol. The summed E-state index contributed by atoms with van der Waals surface area (Å²) >= 11 is 0. The zero-order valence-electron chi connectivity index (χ0n) is 18.4. The largest absolute Gasteiger partial charge is 0.494 e. The lowest BCUT2D eigenvalue weighted by Gasteiger charge is -2.24. The Hall–Kier alpha value is -3.69. The Balaban J connectivity index is 1.49. The van der Waals surface area contributed by atoms with Crippen molar-refractivity contribution in [3.8, 4) is 5.88 Å². The number of carbonyl (C=O) groups excluding carboxylic acids is 1. The molecule has 9 nitrogen and oxygen atoms in total. The minimum atomic E-state index is -0.451. The average molecular weight is 449 g/mol. The van der Waals surface area contributed by atoms with Gasteiger partial charge in [0.1, 0.15) is 18.0 Å². The second-order valence-corrected chi connectivity index (χ2v) is 8.06. The first-order valence-corrected chi connectivity index (χ1v) is 11.0. The lowest BCUT2D eigenvalue weighted by Crippen LogP contribution is -2.89. The van der Waals surface area contributed by atoms with Gasteiger partial charge in [-0.25, -0.2) is 9.79 Å². The highest BCUT2D eigenvalue weighted by Crippen LogP contribution is 2.36. The van der Waals surface area contributed by atoms with E-state index in [1.165, 1.54) is 7.11 Å². The summed E-state index contributed by atoms with van der Waals surface area (Å²) in [5.41, 5.74) is 4.16. The van der Waals surface area contributed by atoms with E-state index >= 15 is 0 Å². The number of piperazine rings is 1. The summed E-state index contributed by atoms with van der Waals surface area (Å²) in [6.45, 7) is 5.56. The number of quaternary nitrogens is 1. The average Bonchev–Trinajstić information content (AvgIpc) is 3.37. The Labute approximate surface area is 190 Å². The molecule has 0 unspecified atom stereocenters. The van der Waals surface area contributed by atoms with E-state index in [1.54, 1.807) is 18.2 Å². The number of aromatic amines is 1. The molecule has 4 N–H and O–H groups in total. The van der Waals surface area contributed by atoms with Crippen LogP contribution in [0, 0.1) is 0 Å². The minimum absolute atomic E-state index is 0.0455. The Kier molecular flexibility index (Phi) is 5.80. The van der Waals surface area contributed by atoms with Crippen LogP contribution in [0.5, 0.6) is 5.88 Å². The van der Waals surface area contributed by atoms with E-state index in [9.17, 15) is 9.90 Å². The molecule has 9 heteroatoms. The van der Waals surface area contributed by atoms with Crippen LogP contribution >= 0.6 is 0 Å². The first kappa shape index (κ1) is 21.2. The van der Waals surface area contributed by atoms with Crippen molar-refractivity contribution in [1.29, 1.82) is 0 Å². The number of ether oxygens (including phenoxy) is 1. The lowest BCUT2D eigenvalue weighted by molar-refractivity contribution is -0.663. The molecule has 5 rings (SSSR count). The number of aliphatic imine (C=N–C) groups is 1. The van der Waals surface area contributed by atoms with Gasteiger partial charge in [0.2, 0.25) is 0 Å². The van der Waals surface area contributed by atoms with Crippen LogP contribution < -0.4 is 5.32 Å². The molecule has 0 saturated carbocycles. The van der Waals surface area contributed by atoms with E-state index in [1.807, 2.05) is 24.3 Å². The van der Waals surface area contributed by atoms with Gasteiger partial charge in [0.05, 0.1) is 37.0 Å². The molecule has 1 aromatic heterocycles. The third kappa shape index (κ3) is 4.08. The minimum Gasteiger partial charge on any atom is -0.494 e. The first-order valence-electron chi connectivity index (χ1n) is 11.0. The molecular weight excluding hydrogens is 422 g/mol. The number of hydrogen-bond acceptors (Lipinski definition) is 7. The summed E-state index contributed by atoms with van der Waals surface area (Å²) in [5.74, 6) is -0.497. The van der Waals surface area contributed by atoms with Crippen molar-refractivity contribution in [1.82, 2.24) is 9.88 Å². The van der Waals surface area contributed by atoms with Gasteiger partial charge in [-0.3, -0.25) is 4.90 Å². The SMILES string of the molecule is COC(=O)c1ccc2[nH]c(O)c(C3=Nc4ccccc4/C3=N\OCCN3CC[NH2+]CC3)c2c1. The van der Waals surface area contributed by atoms with Gasteiger partial charge in [0.25, 0.3) is 0 Å². The number of methoxy groups -OCH3 is 1. The number of benzene rings is 2. The summed E-state index contributed by atoms with van der Waals surface area (Å²) in [7, 11) is 1.34. The Bertz CT molecular complexity index is 1260. The highest BCUT2D eigenvalue weighted by molar-refractivity contribution is 6.58. The maximum Gasteiger partial charge on any atom is 0.337 e. The molecule has 170 valence electrons. The number of esters is 1. The van der Waals surface area contributed by atoms with Crippen LogP contribution in [-0.2, 0) is 9.57 Å². The number of fused-ring (bicyclic) bond motifs is 2. The maximum atomic E-state index is 12.1. The molecule has 33 heavy (non-hydrogen) atoms. The van der Waals surface area contributed by atoms with Crippen molar-refractivity contribution < 1.29 is 24.8 Å². The molecule has 0 bridgehead atoms. The van der Waals surface area contributed by atoms with E-state index in [0.717, 1.165) is 44.0 Å². The van der Waals surface area contributed by atoms with Crippen molar-refractivity contribution in [2.45, 2.75) is 0 Å². The quantitative estimate of drug-likeness (QED) is 0.299. The highest BCUT2D eigenvalue weighted by atomic mass is 16.6. The van der Waals surface area contributed by atoms with Crippen molar-refractivity contribution in [3.05, 3.63) is 59.2 Å². The van der Waals surface area contributed by atoms with Gasteiger partial charge in [-0.15, -0.1) is 0 Å². The van der Waals surface area contributed by atoms with Gasteiger partial charge in [0, 0.05) is 36.1 Å². The van der Waals surface area contributed by atoms with Gasteiger partial charge in [-0.2, -0.15) is 0 Å². The normalized spacial score (nSPS) is 17.2. The number of nitrogens with two attached hydrogens (primary N) is 1. The number of carbonyl (C=O) groups is 1. The summed E-state index contributed by atoms with van der Waals surface area (Å²) < 4.78 is 4.85. The van der Waals surface area contributed by atoms with Gasteiger partial charge >= 0.3 is 5.97 Å². The molecular formula is C24H26N5O4+. The number of H-pyrrole nitrogens is 1. The van der Waals surface area contributed by atoms with Gasteiger partial charge < -0.3 is 25.0 Å². The highest BCUT2D eigenvalue weighted by Gasteiger charge is 2.29. The number of nitrogens with zero attached hydrogens (tertiary/aromatic N) is 3. The zero-order chi connectivity index (χ0) is 22.8. The third-order valence-electron chi connectivity index (χ3n) is 6.01. The first-order chi connectivity index (χ1) is 16.2. The van der Waals surface area contributed by atoms with Gasteiger partial charge in [-0.05, 0) is 24.3 Å². The van der Waals surface area contributed by atoms with E-state index in [4.69, 9.17) is 14.6 Å².